The zero-order valence-corrected chi connectivity index (χ0v) is 14.3. The van der Waals surface area contributed by atoms with Crippen molar-refractivity contribution in [2.75, 3.05) is 19.0 Å². The van der Waals surface area contributed by atoms with Crippen molar-refractivity contribution < 1.29 is 17.9 Å². The highest BCUT2D eigenvalue weighted by Gasteiger charge is 2.14. The van der Waals surface area contributed by atoms with Crippen molar-refractivity contribution in [2.45, 2.75) is 18.2 Å². The summed E-state index contributed by atoms with van der Waals surface area (Å²) in [7, 11) is -2.14. The molecule has 1 aromatic carbocycles. The lowest BCUT2D eigenvalue weighted by Crippen LogP contribution is -2.27. The molecule has 0 atom stereocenters. The number of benzene rings is 1. The average Bonchev–Trinajstić information content (AvgIpc) is 2.92. The summed E-state index contributed by atoms with van der Waals surface area (Å²) in [6.07, 6.45) is 0.0218. The van der Waals surface area contributed by atoms with Gasteiger partial charge >= 0.3 is 0 Å². The van der Waals surface area contributed by atoms with Crippen LogP contribution in [0.1, 0.15) is 12.1 Å². The van der Waals surface area contributed by atoms with Gasteiger partial charge in [0.15, 0.2) is 5.13 Å². The van der Waals surface area contributed by atoms with Crippen LogP contribution < -0.4 is 14.8 Å². The van der Waals surface area contributed by atoms with Gasteiger partial charge in [-0.15, -0.1) is 11.3 Å². The van der Waals surface area contributed by atoms with Crippen LogP contribution in [-0.2, 0) is 14.8 Å². The fourth-order valence-corrected chi connectivity index (χ4v) is 3.47. The number of thiazole rings is 1. The van der Waals surface area contributed by atoms with Crippen LogP contribution in [0.2, 0.25) is 0 Å². The van der Waals surface area contributed by atoms with E-state index in [0.717, 1.165) is 5.69 Å². The highest BCUT2D eigenvalue weighted by molar-refractivity contribution is 7.89. The predicted molar refractivity (Wildman–Crippen MR) is 88.3 cm³/mol. The molecular weight excluding hydrogens is 338 g/mol. The van der Waals surface area contributed by atoms with Crippen LogP contribution in [0.4, 0.5) is 5.13 Å². The van der Waals surface area contributed by atoms with Crippen LogP contribution >= 0.6 is 11.3 Å². The van der Waals surface area contributed by atoms with Crippen LogP contribution in [0.3, 0.4) is 0 Å². The minimum atomic E-state index is -3.65. The van der Waals surface area contributed by atoms with Crippen LogP contribution in [0, 0.1) is 6.92 Å². The number of aryl methyl sites for hydroxylation is 1. The molecule has 1 heterocycles. The number of anilines is 1. The lowest BCUT2D eigenvalue weighted by atomic mass is 10.3. The van der Waals surface area contributed by atoms with Gasteiger partial charge in [-0.25, -0.2) is 18.1 Å². The van der Waals surface area contributed by atoms with E-state index in [2.05, 4.69) is 15.0 Å². The number of amides is 1. The van der Waals surface area contributed by atoms with Crippen molar-refractivity contribution in [1.29, 1.82) is 0 Å². The summed E-state index contributed by atoms with van der Waals surface area (Å²) in [6.45, 7) is 1.83. The van der Waals surface area contributed by atoms with E-state index in [1.165, 1.54) is 30.6 Å². The summed E-state index contributed by atoms with van der Waals surface area (Å²) in [5.74, 6) is 0.277. The number of rotatable bonds is 7. The molecule has 2 N–H and O–H groups in total. The SMILES string of the molecule is COc1ccc(S(=O)(=O)NCCC(=O)Nc2nc(C)cs2)cc1. The fraction of sp³-hybridized carbons (Fsp3) is 0.286. The Labute approximate surface area is 138 Å². The normalized spacial score (nSPS) is 11.2. The highest BCUT2D eigenvalue weighted by atomic mass is 32.2. The predicted octanol–water partition coefficient (Wildman–Crippen LogP) is 1.77. The first-order valence-electron chi connectivity index (χ1n) is 6.76. The molecule has 0 aliphatic rings. The van der Waals surface area contributed by atoms with Gasteiger partial charge in [0.2, 0.25) is 15.9 Å². The largest absolute Gasteiger partial charge is 0.497 e. The number of nitrogens with one attached hydrogen (secondary N) is 2. The molecule has 0 aliphatic heterocycles. The Morgan fingerprint density at radius 1 is 1.30 bits per heavy atom. The Balaban J connectivity index is 1.85. The number of aromatic nitrogens is 1. The highest BCUT2D eigenvalue weighted by Crippen LogP contribution is 2.16. The first kappa shape index (κ1) is 17.4. The van der Waals surface area contributed by atoms with E-state index in [1.54, 1.807) is 12.1 Å². The molecule has 2 aromatic rings. The van der Waals surface area contributed by atoms with E-state index in [9.17, 15) is 13.2 Å². The van der Waals surface area contributed by atoms with Crippen molar-refractivity contribution >= 4 is 32.4 Å². The lowest BCUT2D eigenvalue weighted by molar-refractivity contribution is -0.116. The molecule has 0 bridgehead atoms. The second-order valence-corrected chi connectivity index (χ2v) is 7.29. The Morgan fingerprint density at radius 2 is 2.00 bits per heavy atom. The third-order valence-electron chi connectivity index (χ3n) is 2.88. The average molecular weight is 355 g/mol. The van der Waals surface area contributed by atoms with Gasteiger partial charge in [0.25, 0.3) is 0 Å². The van der Waals surface area contributed by atoms with Crippen LogP contribution in [-0.4, -0.2) is 33.0 Å². The molecule has 124 valence electrons. The third-order valence-corrected chi connectivity index (χ3v) is 5.23. The minimum Gasteiger partial charge on any atom is -0.497 e. The molecule has 23 heavy (non-hydrogen) atoms. The van der Waals surface area contributed by atoms with Gasteiger partial charge in [-0.2, -0.15) is 0 Å². The van der Waals surface area contributed by atoms with Crippen molar-refractivity contribution in [2.24, 2.45) is 0 Å². The molecule has 2 rings (SSSR count). The molecule has 0 radical (unpaired) electrons. The number of methoxy groups -OCH3 is 1. The quantitative estimate of drug-likeness (QED) is 0.789. The van der Waals surface area contributed by atoms with E-state index in [-0.39, 0.29) is 23.8 Å². The summed E-state index contributed by atoms with van der Waals surface area (Å²) in [5, 5.41) is 4.95. The maximum Gasteiger partial charge on any atom is 0.240 e. The second kappa shape index (κ2) is 7.53. The molecule has 0 spiro atoms. The maximum atomic E-state index is 12.1. The number of carbonyl (C=O) groups is 1. The van der Waals surface area contributed by atoms with Crippen molar-refractivity contribution in [3.63, 3.8) is 0 Å². The molecular formula is C14H17N3O4S2. The Morgan fingerprint density at radius 3 is 2.57 bits per heavy atom. The molecule has 0 aliphatic carbocycles. The number of carbonyl (C=O) groups excluding carboxylic acids is 1. The van der Waals surface area contributed by atoms with Crippen molar-refractivity contribution in [3.8, 4) is 5.75 Å². The van der Waals surface area contributed by atoms with Gasteiger partial charge < -0.3 is 10.1 Å². The summed E-state index contributed by atoms with van der Waals surface area (Å²) in [6, 6.07) is 6.01. The molecule has 1 amide bonds. The van der Waals surface area contributed by atoms with E-state index in [0.29, 0.717) is 10.9 Å². The van der Waals surface area contributed by atoms with Crippen LogP contribution in [0.25, 0.3) is 0 Å². The minimum absolute atomic E-state index is 0.00452. The van der Waals surface area contributed by atoms with Crippen LogP contribution in [0.15, 0.2) is 34.5 Å². The number of hydrogen-bond acceptors (Lipinski definition) is 6. The van der Waals surface area contributed by atoms with Crippen molar-refractivity contribution in [3.05, 3.63) is 35.3 Å². The first-order valence-corrected chi connectivity index (χ1v) is 9.13. The van der Waals surface area contributed by atoms with Gasteiger partial charge in [0.05, 0.1) is 17.7 Å². The monoisotopic (exact) mass is 355 g/mol. The van der Waals surface area contributed by atoms with Gasteiger partial charge in [-0.1, -0.05) is 0 Å². The maximum absolute atomic E-state index is 12.1. The molecule has 7 nitrogen and oxygen atoms in total. The first-order chi connectivity index (χ1) is 10.9. The van der Waals surface area contributed by atoms with E-state index < -0.39 is 10.0 Å². The molecule has 0 fully saturated rings. The Hall–Kier alpha value is -1.97. The smallest absolute Gasteiger partial charge is 0.240 e. The topological polar surface area (TPSA) is 97.4 Å². The number of ether oxygens (including phenoxy) is 1. The summed E-state index contributed by atoms with van der Waals surface area (Å²) in [5.41, 5.74) is 0.825. The second-order valence-electron chi connectivity index (χ2n) is 4.67. The van der Waals surface area contributed by atoms with Gasteiger partial charge in [0.1, 0.15) is 5.75 Å². The molecule has 0 unspecified atom stereocenters. The third kappa shape index (κ3) is 5.02. The number of hydrogen-bond donors (Lipinski definition) is 2. The van der Waals surface area contributed by atoms with Crippen LogP contribution in [0.5, 0.6) is 5.75 Å². The summed E-state index contributed by atoms with van der Waals surface area (Å²) < 4.78 is 31.5. The number of sulfonamides is 1. The molecule has 0 saturated heterocycles. The zero-order valence-electron chi connectivity index (χ0n) is 12.7. The molecule has 0 saturated carbocycles. The summed E-state index contributed by atoms with van der Waals surface area (Å²) in [4.78, 5) is 16.0. The lowest BCUT2D eigenvalue weighted by Gasteiger charge is -2.07. The Bertz CT molecular complexity index is 770. The fourth-order valence-electron chi connectivity index (χ4n) is 1.73. The van der Waals surface area contributed by atoms with Gasteiger partial charge in [-0.3, -0.25) is 4.79 Å². The number of nitrogens with zero attached hydrogens (tertiary/aromatic N) is 1. The molecule has 9 heteroatoms. The van der Waals surface area contributed by atoms with Gasteiger partial charge in [0, 0.05) is 18.3 Å². The van der Waals surface area contributed by atoms with E-state index in [4.69, 9.17) is 4.74 Å². The van der Waals surface area contributed by atoms with Crippen molar-refractivity contribution in [1.82, 2.24) is 9.71 Å². The Kier molecular flexibility index (Phi) is 5.69. The zero-order chi connectivity index (χ0) is 16.9. The van der Waals surface area contributed by atoms with E-state index >= 15 is 0 Å². The molecule has 1 aromatic heterocycles. The van der Waals surface area contributed by atoms with E-state index in [1.807, 2.05) is 12.3 Å². The standard InChI is InChI=1S/C14H17N3O4S2/c1-10-9-22-14(16-10)17-13(18)7-8-15-23(19,20)12-5-3-11(21-2)4-6-12/h3-6,9,15H,7-8H2,1-2H3,(H,16,17,18). The van der Waals surface area contributed by atoms with Gasteiger partial charge in [-0.05, 0) is 31.2 Å². The summed E-state index contributed by atoms with van der Waals surface area (Å²) >= 11 is 1.32.